The van der Waals surface area contributed by atoms with Crippen molar-refractivity contribution in [3.8, 4) is 6.07 Å². The lowest BCUT2D eigenvalue weighted by Crippen LogP contribution is -2.21. The van der Waals surface area contributed by atoms with Crippen LogP contribution in [0.2, 0.25) is 0 Å². The second-order valence-corrected chi connectivity index (χ2v) is 2.45. The minimum Gasteiger partial charge on any atom is -0.481 e. The first kappa shape index (κ1) is 12.6. The molecule has 0 rings (SSSR count). The topological polar surface area (TPSA) is 53.2 Å². The van der Waals surface area contributed by atoms with E-state index in [0.717, 1.165) is 0 Å². The predicted molar refractivity (Wildman–Crippen MR) is 42.1 cm³/mol. The predicted octanol–water partition coefficient (Wildman–Crippen LogP) is 2.51. The van der Waals surface area contributed by atoms with E-state index in [0.29, 0.717) is 6.08 Å². The zero-order valence-electron chi connectivity index (χ0n) is 7.51. The Kier molecular flexibility index (Phi) is 4.84. The highest BCUT2D eigenvalue weighted by Crippen LogP contribution is 2.30. The summed E-state index contributed by atoms with van der Waals surface area (Å²) in [4.78, 5) is 0. The summed E-state index contributed by atoms with van der Waals surface area (Å²) in [7, 11) is 0. The number of ether oxygens (including phenoxy) is 1. The van der Waals surface area contributed by atoms with Crippen LogP contribution in [0.4, 0.5) is 13.2 Å². The number of hydrogen-bond donors (Lipinski definition) is 1. The fourth-order valence-corrected chi connectivity index (χ4v) is 0.736. The Balaban J connectivity index is 4.53. The van der Waals surface area contributed by atoms with Crippen LogP contribution >= 0.6 is 0 Å². The molecule has 0 aromatic rings. The second kappa shape index (κ2) is 5.37. The minimum atomic E-state index is -4.54. The van der Waals surface area contributed by atoms with Gasteiger partial charge in [-0.25, -0.2) is 0 Å². The van der Waals surface area contributed by atoms with Crippen molar-refractivity contribution in [3.63, 3.8) is 0 Å². The highest BCUT2D eigenvalue weighted by atomic mass is 19.4. The lowest BCUT2D eigenvalue weighted by Gasteiger charge is -2.13. The number of rotatable bonds is 4. The summed E-state index contributed by atoms with van der Waals surface area (Å²) in [6.07, 6.45) is -4.78. The number of allylic oxidation sites excluding steroid dienone is 1. The maximum absolute atomic E-state index is 12.1. The summed E-state index contributed by atoms with van der Waals surface area (Å²) in [6.45, 7) is 1.59. The summed E-state index contributed by atoms with van der Waals surface area (Å²) in [5.41, 5.74) is 0. The first-order valence-electron chi connectivity index (χ1n) is 3.89. The van der Waals surface area contributed by atoms with E-state index in [4.69, 9.17) is 10.4 Å². The normalized spacial score (nSPS) is 14.6. The quantitative estimate of drug-likeness (QED) is 0.723. The van der Waals surface area contributed by atoms with E-state index in [9.17, 15) is 13.2 Å². The van der Waals surface area contributed by atoms with Crippen LogP contribution in [0.15, 0.2) is 12.0 Å². The van der Waals surface area contributed by atoms with E-state index < -0.39 is 24.5 Å². The number of aliphatic hydroxyl groups excluding tert-OH is 1. The zero-order chi connectivity index (χ0) is 11.2. The average molecular weight is 209 g/mol. The van der Waals surface area contributed by atoms with Gasteiger partial charge in [0.2, 0.25) is 0 Å². The molecule has 14 heavy (non-hydrogen) atoms. The molecule has 0 spiro atoms. The number of alkyl halides is 3. The molecule has 3 nitrogen and oxygen atoms in total. The van der Waals surface area contributed by atoms with Crippen molar-refractivity contribution in [2.24, 2.45) is 5.92 Å². The van der Waals surface area contributed by atoms with Gasteiger partial charge in [-0.1, -0.05) is 0 Å². The van der Waals surface area contributed by atoms with Crippen LogP contribution in [0.25, 0.3) is 0 Å². The number of nitrogens with zero attached hydrogens (tertiary/aromatic N) is 1. The number of aliphatic hydroxyl groups is 1. The van der Waals surface area contributed by atoms with Gasteiger partial charge in [0.15, 0.2) is 0 Å². The molecule has 0 heterocycles. The zero-order valence-corrected chi connectivity index (χ0v) is 7.51. The molecule has 0 bridgehead atoms. The van der Waals surface area contributed by atoms with E-state index in [2.05, 4.69) is 4.74 Å². The SMILES string of the molecule is CCO/C(O)=C/[C@H](CC#N)C(F)(F)F. The molecule has 0 aromatic heterocycles. The van der Waals surface area contributed by atoms with E-state index in [1.807, 2.05) is 0 Å². The van der Waals surface area contributed by atoms with Gasteiger partial charge in [-0.3, -0.25) is 0 Å². The van der Waals surface area contributed by atoms with Gasteiger partial charge in [0.05, 0.1) is 25.0 Å². The highest BCUT2D eigenvalue weighted by Gasteiger charge is 2.38. The average Bonchev–Trinajstić information content (AvgIpc) is 2.02. The van der Waals surface area contributed by atoms with Crippen molar-refractivity contribution in [1.29, 1.82) is 5.26 Å². The molecule has 0 amide bonds. The maximum atomic E-state index is 12.1. The summed E-state index contributed by atoms with van der Waals surface area (Å²) in [5, 5.41) is 17.0. The van der Waals surface area contributed by atoms with Crippen LogP contribution in [-0.4, -0.2) is 17.9 Å². The lowest BCUT2D eigenvalue weighted by molar-refractivity contribution is -0.161. The Bertz CT molecular complexity index is 242. The molecule has 6 heteroatoms. The van der Waals surface area contributed by atoms with Crippen molar-refractivity contribution in [1.82, 2.24) is 0 Å². The lowest BCUT2D eigenvalue weighted by atomic mass is 10.1. The first-order valence-corrected chi connectivity index (χ1v) is 3.89. The van der Waals surface area contributed by atoms with Crippen molar-refractivity contribution in [3.05, 3.63) is 12.0 Å². The first-order chi connectivity index (χ1) is 6.41. The molecule has 0 radical (unpaired) electrons. The van der Waals surface area contributed by atoms with E-state index in [1.54, 1.807) is 0 Å². The van der Waals surface area contributed by atoms with Gasteiger partial charge in [0.1, 0.15) is 0 Å². The Morgan fingerprint density at radius 3 is 2.57 bits per heavy atom. The number of nitriles is 1. The molecule has 0 aliphatic carbocycles. The summed E-state index contributed by atoms with van der Waals surface area (Å²) >= 11 is 0. The van der Waals surface area contributed by atoms with Gasteiger partial charge in [0.25, 0.3) is 5.95 Å². The van der Waals surface area contributed by atoms with Crippen molar-refractivity contribution in [2.45, 2.75) is 19.5 Å². The van der Waals surface area contributed by atoms with Gasteiger partial charge >= 0.3 is 6.18 Å². The smallest absolute Gasteiger partial charge is 0.396 e. The van der Waals surface area contributed by atoms with Crippen LogP contribution in [0, 0.1) is 17.2 Å². The van der Waals surface area contributed by atoms with Crippen LogP contribution in [0.3, 0.4) is 0 Å². The molecule has 0 aliphatic rings. The van der Waals surface area contributed by atoms with Gasteiger partial charge < -0.3 is 9.84 Å². The third-order valence-corrected chi connectivity index (χ3v) is 1.37. The van der Waals surface area contributed by atoms with Gasteiger partial charge in [-0.05, 0) is 6.92 Å². The summed E-state index contributed by atoms with van der Waals surface area (Å²) in [6, 6.07) is 1.39. The van der Waals surface area contributed by atoms with Crippen LogP contribution in [0.1, 0.15) is 13.3 Å². The second-order valence-electron chi connectivity index (χ2n) is 2.45. The Labute approximate surface area is 79.4 Å². The van der Waals surface area contributed by atoms with E-state index in [1.165, 1.54) is 13.0 Å². The Morgan fingerprint density at radius 2 is 2.21 bits per heavy atom. The summed E-state index contributed by atoms with van der Waals surface area (Å²) in [5.74, 6) is -2.79. The van der Waals surface area contributed by atoms with Crippen LogP contribution in [0.5, 0.6) is 0 Å². The molecule has 0 aromatic carbocycles. The van der Waals surface area contributed by atoms with Gasteiger partial charge in [0, 0.05) is 6.08 Å². The molecule has 1 N–H and O–H groups in total. The molecule has 0 saturated heterocycles. The fourth-order valence-electron chi connectivity index (χ4n) is 0.736. The molecule has 0 aliphatic heterocycles. The van der Waals surface area contributed by atoms with E-state index >= 15 is 0 Å². The number of halogens is 3. The van der Waals surface area contributed by atoms with E-state index in [-0.39, 0.29) is 6.61 Å². The molecular weight excluding hydrogens is 199 g/mol. The van der Waals surface area contributed by atoms with Gasteiger partial charge in [-0.2, -0.15) is 18.4 Å². The number of hydrogen-bond acceptors (Lipinski definition) is 3. The van der Waals surface area contributed by atoms with Gasteiger partial charge in [-0.15, -0.1) is 0 Å². The molecule has 0 unspecified atom stereocenters. The summed E-state index contributed by atoms with van der Waals surface area (Å²) < 4.78 is 40.9. The van der Waals surface area contributed by atoms with Crippen LogP contribution < -0.4 is 0 Å². The van der Waals surface area contributed by atoms with Crippen molar-refractivity contribution in [2.75, 3.05) is 6.61 Å². The molecule has 1 atom stereocenters. The molecule has 80 valence electrons. The highest BCUT2D eigenvalue weighted by molar-refractivity contribution is 4.96. The largest absolute Gasteiger partial charge is 0.481 e. The Hall–Kier alpha value is -1.38. The van der Waals surface area contributed by atoms with Crippen molar-refractivity contribution >= 4 is 0 Å². The Morgan fingerprint density at radius 1 is 1.64 bits per heavy atom. The van der Waals surface area contributed by atoms with Crippen LogP contribution in [-0.2, 0) is 4.74 Å². The monoisotopic (exact) mass is 209 g/mol. The molecule has 0 saturated carbocycles. The minimum absolute atomic E-state index is 0.0689. The maximum Gasteiger partial charge on any atom is 0.396 e. The standard InChI is InChI=1S/C8H10F3NO2/c1-2-14-7(13)5-6(3-4-12)8(9,10)11/h5-6,13H,2-3H2,1H3/b7-5+/t6-/m0/s1. The third-order valence-electron chi connectivity index (χ3n) is 1.37. The fraction of sp³-hybridized carbons (Fsp3) is 0.625. The molecular formula is C8H10F3NO2. The van der Waals surface area contributed by atoms with Crippen molar-refractivity contribution < 1.29 is 23.0 Å². The molecule has 0 fully saturated rings. The third kappa shape index (κ3) is 4.60.